The summed E-state index contributed by atoms with van der Waals surface area (Å²) in [6.45, 7) is -0.153. The summed E-state index contributed by atoms with van der Waals surface area (Å²) in [7, 11) is 2.00. The van der Waals surface area contributed by atoms with Crippen LogP contribution in [-0.2, 0) is 24.8 Å². The molecule has 7 heteroatoms. The number of hydrogen-bond donors (Lipinski definition) is 1. The molecule has 0 bridgehead atoms. The minimum atomic E-state index is -0.328. The molecular weight excluding hydrogens is 376 g/mol. The van der Waals surface area contributed by atoms with Crippen LogP contribution in [-0.4, -0.2) is 20.3 Å². The lowest BCUT2D eigenvalue weighted by Gasteiger charge is -2.17. The number of hydrogen-bond acceptors (Lipinski definition) is 3. The first-order valence-corrected chi connectivity index (χ1v) is 9.38. The van der Waals surface area contributed by atoms with Crippen LogP contribution in [0.25, 0.3) is 17.0 Å². The molecule has 1 aliphatic carbocycles. The van der Waals surface area contributed by atoms with E-state index in [-0.39, 0.29) is 18.0 Å². The van der Waals surface area contributed by atoms with Gasteiger partial charge in [0, 0.05) is 46.9 Å². The lowest BCUT2D eigenvalue weighted by molar-refractivity contribution is -0.120. The van der Waals surface area contributed by atoms with E-state index in [0.29, 0.717) is 10.7 Å². The van der Waals surface area contributed by atoms with E-state index in [1.807, 2.05) is 37.5 Å². The summed E-state index contributed by atoms with van der Waals surface area (Å²) in [4.78, 5) is 24.7. The summed E-state index contributed by atoms with van der Waals surface area (Å²) < 4.78 is 3.24. The Balaban J connectivity index is 1.53. The highest BCUT2D eigenvalue weighted by atomic mass is 35.5. The number of nitrogens with zero attached hydrogens (tertiary/aromatic N) is 3. The number of carbonyl (C=O) groups is 1. The summed E-state index contributed by atoms with van der Waals surface area (Å²) in [6, 6.07) is 12.2. The Morgan fingerprint density at radius 2 is 1.96 bits per heavy atom. The summed E-state index contributed by atoms with van der Waals surface area (Å²) in [6.07, 6.45) is 5.81. The molecule has 28 heavy (non-hydrogen) atoms. The van der Waals surface area contributed by atoms with Gasteiger partial charge in [0.2, 0.25) is 5.91 Å². The molecule has 0 unspecified atom stereocenters. The third-order valence-electron chi connectivity index (χ3n) is 4.80. The van der Waals surface area contributed by atoms with Gasteiger partial charge in [-0.25, -0.2) is 4.68 Å². The smallest absolute Gasteiger partial charge is 0.267 e. The molecule has 0 atom stereocenters. The van der Waals surface area contributed by atoms with Gasteiger partial charge in [0.05, 0.1) is 5.69 Å². The van der Waals surface area contributed by atoms with Gasteiger partial charge < -0.3 is 9.88 Å². The van der Waals surface area contributed by atoms with Crippen molar-refractivity contribution in [3.8, 4) is 11.3 Å². The predicted octanol–water partition coefficient (Wildman–Crippen LogP) is 3.01. The zero-order valence-electron chi connectivity index (χ0n) is 15.4. The first kappa shape index (κ1) is 18.3. The number of amides is 1. The second-order valence-corrected chi connectivity index (χ2v) is 7.15. The van der Waals surface area contributed by atoms with Crippen LogP contribution in [0.1, 0.15) is 17.7 Å². The van der Waals surface area contributed by atoms with Crippen molar-refractivity contribution in [1.29, 1.82) is 0 Å². The van der Waals surface area contributed by atoms with Crippen molar-refractivity contribution in [3.63, 3.8) is 0 Å². The summed E-state index contributed by atoms with van der Waals surface area (Å²) >= 11 is 5.92. The highest BCUT2D eigenvalue weighted by Gasteiger charge is 2.18. The molecule has 0 fully saturated rings. The van der Waals surface area contributed by atoms with Crippen molar-refractivity contribution >= 4 is 23.2 Å². The van der Waals surface area contributed by atoms with E-state index < -0.39 is 0 Å². The highest BCUT2D eigenvalue weighted by molar-refractivity contribution is 6.30. The number of rotatable bonds is 4. The topological polar surface area (TPSA) is 68.9 Å². The summed E-state index contributed by atoms with van der Waals surface area (Å²) in [5.74, 6) is -0.286. The van der Waals surface area contributed by atoms with E-state index in [1.54, 1.807) is 18.2 Å². The van der Waals surface area contributed by atoms with Crippen LogP contribution in [0.5, 0.6) is 0 Å². The van der Waals surface area contributed by atoms with E-state index in [9.17, 15) is 9.59 Å². The van der Waals surface area contributed by atoms with Gasteiger partial charge in [0.1, 0.15) is 6.54 Å². The minimum absolute atomic E-state index is 0.153. The summed E-state index contributed by atoms with van der Waals surface area (Å²) in [5.41, 5.74) is 4.10. The second-order valence-electron chi connectivity index (χ2n) is 6.71. The minimum Gasteiger partial charge on any atom is -0.354 e. The maximum absolute atomic E-state index is 12.6. The maximum Gasteiger partial charge on any atom is 0.267 e. The molecule has 0 radical (unpaired) electrons. The van der Waals surface area contributed by atoms with Crippen LogP contribution in [0.15, 0.2) is 59.5 Å². The van der Waals surface area contributed by atoms with Crippen LogP contribution < -0.4 is 10.9 Å². The molecule has 3 aromatic rings. The first-order chi connectivity index (χ1) is 13.5. The third-order valence-corrected chi connectivity index (χ3v) is 5.05. The van der Waals surface area contributed by atoms with E-state index in [1.165, 1.54) is 16.4 Å². The Kier molecular flexibility index (Phi) is 4.88. The standard InChI is InChI=1S/C21H19ClN4O2/c1-25-12-11-16-18(3-2-4-19(16)25)23-20(27)13-26-21(28)10-9-17(24-26)14-5-7-15(22)8-6-14/h3,5-12H,2,4,13H2,1H3,(H,23,27). The van der Waals surface area contributed by atoms with Gasteiger partial charge in [-0.1, -0.05) is 29.8 Å². The number of halogens is 1. The van der Waals surface area contributed by atoms with E-state index in [2.05, 4.69) is 15.0 Å². The van der Waals surface area contributed by atoms with Gasteiger partial charge in [0.25, 0.3) is 5.56 Å². The molecule has 1 N–H and O–H groups in total. The van der Waals surface area contributed by atoms with Gasteiger partial charge in [0.15, 0.2) is 0 Å². The quantitative estimate of drug-likeness (QED) is 0.739. The molecule has 6 nitrogen and oxygen atoms in total. The number of aromatic nitrogens is 3. The van der Waals surface area contributed by atoms with Crippen molar-refractivity contribution in [1.82, 2.24) is 19.7 Å². The number of allylic oxidation sites excluding steroid dienone is 1. The Hall–Kier alpha value is -3.12. The Morgan fingerprint density at radius 3 is 2.75 bits per heavy atom. The fraction of sp³-hybridized carbons (Fsp3) is 0.190. The molecule has 1 amide bonds. The Morgan fingerprint density at radius 1 is 1.18 bits per heavy atom. The van der Waals surface area contributed by atoms with Gasteiger partial charge in [-0.05, 0) is 37.1 Å². The lowest BCUT2D eigenvalue weighted by Crippen LogP contribution is -2.33. The van der Waals surface area contributed by atoms with Gasteiger partial charge in [-0.2, -0.15) is 5.10 Å². The van der Waals surface area contributed by atoms with Crippen LogP contribution in [0.2, 0.25) is 5.02 Å². The van der Waals surface area contributed by atoms with E-state index >= 15 is 0 Å². The Bertz CT molecular complexity index is 1130. The first-order valence-electron chi connectivity index (χ1n) is 9.00. The average molecular weight is 395 g/mol. The van der Waals surface area contributed by atoms with Crippen molar-refractivity contribution in [3.05, 3.63) is 81.4 Å². The molecule has 1 aromatic carbocycles. The number of aryl methyl sites for hydroxylation is 1. The SMILES string of the molecule is Cn1ccc2c1CCC=C2NC(=O)Cn1nc(-c2ccc(Cl)cc2)ccc1=O. The zero-order chi connectivity index (χ0) is 19.7. The predicted molar refractivity (Wildman–Crippen MR) is 109 cm³/mol. The van der Waals surface area contributed by atoms with Crippen LogP contribution >= 0.6 is 11.6 Å². The summed E-state index contributed by atoms with van der Waals surface area (Å²) in [5, 5.41) is 7.88. The van der Waals surface area contributed by atoms with Gasteiger partial charge in [-0.3, -0.25) is 9.59 Å². The van der Waals surface area contributed by atoms with Crippen LogP contribution in [0.4, 0.5) is 0 Å². The molecule has 2 heterocycles. The van der Waals surface area contributed by atoms with Crippen molar-refractivity contribution in [2.45, 2.75) is 19.4 Å². The Labute approximate surface area is 167 Å². The number of fused-ring (bicyclic) bond motifs is 1. The van der Waals surface area contributed by atoms with E-state index in [4.69, 9.17) is 11.6 Å². The number of benzene rings is 1. The fourth-order valence-corrected chi connectivity index (χ4v) is 3.49. The fourth-order valence-electron chi connectivity index (χ4n) is 3.36. The highest BCUT2D eigenvalue weighted by Crippen LogP contribution is 2.25. The molecule has 142 valence electrons. The van der Waals surface area contributed by atoms with Crippen molar-refractivity contribution in [2.24, 2.45) is 7.05 Å². The van der Waals surface area contributed by atoms with Gasteiger partial charge in [-0.15, -0.1) is 0 Å². The average Bonchev–Trinajstić information content (AvgIpc) is 3.06. The molecule has 0 spiro atoms. The number of carbonyl (C=O) groups excluding carboxylic acids is 1. The zero-order valence-corrected chi connectivity index (χ0v) is 16.1. The third kappa shape index (κ3) is 3.64. The molecule has 1 aliphatic rings. The van der Waals surface area contributed by atoms with Crippen LogP contribution in [0, 0.1) is 0 Å². The number of nitrogens with one attached hydrogen (secondary N) is 1. The van der Waals surface area contributed by atoms with Gasteiger partial charge >= 0.3 is 0 Å². The molecule has 0 saturated carbocycles. The van der Waals surface area contributed by atoms with Crippen LogP contribution in [0.3, 0.4) is 0 Å². The molecule has 4 rings (SSSR count). The lowest BCUT2D eigenvalue weighted by atomic mass is 10.0. The normalized spacial score (nSPS) is 13.0. The monoisotopic (exact) mass is 394 g/mol. The molecular formula is C21H19ClN4O2. The van der Waals surface area contributed by atoms with E-state index in [0.717, 1.165) is 29.7 Å². The van der Waals surface area contributed by atoms with Crippen molar-refractivity contribution in [2.75, 3.05) is 0 Å². The maximum atomic E-state index is 12.6. The molecule has 0 aliphatic heterocycles. The van der Waals surface area contributed by atoms with Crippen molar-refractivity contribution < 1.29 is 4.79 Å². The molecule has 0 saturated heterocycles. The molecule has 2 aromatic heterocycles. The largest absolute Gasteiger partial charge is 0.354 e. The second kappa shape index (κ2) is 7.48.